The summed E-state index contributed by atoms with van der Waals surface area (Å²) in [6.07, 6.45) is 3.47. The van der Waals surface area contributed by atoms with Crippen LogP contribution in [-0.2, 0) is 0 Å². The minimum atomic E-state index is -0.441. The molecule has 0 aliphatic carbocycles. The second kappa shape index (κ2) is 5.42. The van der Waals surface area contributed by atoms with E-state index in [0.717, 1.165) is 0 Å². The minimum Gasteiger partial charge on any atom is -0.258 e. The summed E-state index contributed by atoms with van der Waals surface area (Å²) in [4.78, 5) is 10.1. The molecule has 1 rings (SSSR count). The van der Waals surface area contributed by atoms with Gasteiger partial charge in [-0.1, -0.05) is 23.7 Å². The van der Waals surface area contributed by atoms with Crippen LogP contribution in [0.3, 0.4) is 0 Å². The van der Waals surface area contributed by atoms with E-state index >= 15 is 0 Å². The molecule has 0 bridgehead atoms. The van der Waals surface area contributed by atoms with E-state index in [4.69, 9.17) is 11.6 Å². The van der Waals surface area contributed by atoms with Crippen molar-refractivity contribution in [3.8, 4) is 0 Å². The number of rotatable bonds is 3. The molecular formula is C11H12ClN2O2+. The van der Waals surface area contributed by atoms with E-state index in [1.54, 1.807) is 24.4 Å². The van der Waals surface area contributed by atoms with Crippen LogP contribution in [0, 0.1) is 10.1 Å². The molecule has 4 nitrogen and oxygen atoms in total. The van der Waals surface area contributed by atoms with Crippen molar-refractivity contribution in [3.05, 3.63) is 46.0 Å². The van der Waals surface area contributed by atoms with Crippen molar-refractivity contribution in [1.82, 2.24) is 0 Å². The quantitative estimate of drug-likeness (QED) is 0.352. The van der Waals surface area contributed by atoms with E-state index in [-0.39, 0.29) is 5.69 Å². The van der Waals surface area contributed by atoms with Crippen molar-refractivity contribution >= 4 is 28.5 Å². The molecule has 16 heavy (non-hydrogen) atoms. The smallest absolute Gasteiger partial charge is 0.258 e. The number of hydrogen-bond donors (Lipinski definition) is 0. The van der Waals surface area contributed by atoms with Crippen molar-refractivity contribution in [2.75, 3.05) is 14.1 Å². The van der Waals surface area contributed by atoms with E-state index in [0.29, 0.717) is 10.6 Å². The second-order valence-corrected chi connectivity index (χ2v) is 3.84. The highest BCUT2D eigenvalue weighted by atomic mass is 35.5. The maximum atomic E-state index is 10.6. The Kier molecular flexibility index (Phi) is 4.19. The number of benzene rings is 1. The van der Waals surface area contributed by atoms with Gasteiger partial charge < -0.3 is 0 Å². The molecule has 84 valence electrons. The molecule has 0 saturated heterocycles. The molecule has 0 atom stereocenters. The Morgan fingerprint density at radius 1 is 1.44 bits per heavy atom. The van der Waals surface area contributed by atoms with E-state index in [1.165, 1.54) is 12.1 Å². The largest absolute Gasteiger partial charge is 0.270 e. The third-order valence-corrected chi connectivity index (χ3v) is 2.20. The maximum absolute atomic E-state index is 10.6. The Hall–Kier alpha value is -1.68. The fourth-order valence-corrected chi connectivity index (χ4v) is 1.25. The van der Waals surface area contributed by atoms with Crippen molar-refractivity contribution < 1.29 is 9.50 Å². The number of nitrogens with zero attached hydrogens (tertiary/aromatic N) is 2. The molecule has 1 aromatic carbocycles. The van der Waals surface area contributed by atoms with Gasteiger partial charge in [0.25, 0.3) is 5.69 Å². The van der Waals surface area contributed by atoms with Crippen LogP contribution in [0.25, 0.3) is 5.03 Å². The van der Waals surface area contributed by atoms with Crippen LogP contribution in [-0.4, -0.2) is 29.8 Å². The average molecular weight is 240 g/mol. The summed E-state index contributed by atoms with van der Waals surface area (Å²) in [5, 5.41) is 11.0. The van der Waals surface area contributed by atoms with Crippen LogP contribution >= 0.6 is 11.6 Å². The highest BCUT2D eigenvalue weighted by molar-refractivity contribution is 6.49. The lowest BCUT2D eigenvalue weighted by Crippen LogP contribution is -1.96. The maximum Gasteiger partial charge on any atom is 0.270 e. The van der Waals surface area contributed by atoms with E-state index in [1.807, 2.05) is 18.7 Å². The van der Waals surface area contributed by atoms with Crippen LogP contribution in [0.2, 0.25) is 0 Å². The number of nitro benzene ring substituents is 1. The summed E-state index contributed by atoms with van der Waals surface area (Å²) in [6.45, 7) is 0. The molecular weight excluding hydrogens is 228 g/mol. The van der Waals surface area contributed by atoms with Gasteiger partial charge in [0, 0.05) is 23.8 Å². The lowest BCUT2D eigenvalue weighted by atomic mass is 10.2. The first kappa shape index (κ1) is 12.4. The van der Waals surface area contributed by atoms with E-state index < -0.39 is 4.92 Å². The zero-order valence-corrected chi connectivity index (χ0v) is 9.81. The molecule has 0 saturated carbocycles. The number of halogens is 1. The molecule has 0 unspecified atom stereocenters. The second-order valence-electron chi connectivity index (χ2n) is 3.43. The first-order valence-corrected chi connectivity index (χ1v) is 5.00. The minimum absolute atomic E-state index is 0.0360. The molecule has 0 N–H and O–H groups in total. The van der Waals surface area contributed by atoms with E-state index in [9.17, 15) is 10.1 Å². The molecule has 0 heterocycles. The van der Waals surface area contributed by atoms with Crippen molar-refractivity contribution in [2.24, 2.45) is 0 Å². The monoisotopic (exact) mass is 239 g/mol. The molecule has 0 radical (unpaired) electrons. The van der Waals surface area contributed by atoms with Crippen molar-refractivity contribution in [2.45, 2.75) is 0 Å². The molecule has 5 heteroatoms. The van der Waals surface area contributed by atoms with Crippen LogP contribution in [0.1, 0.15) is 5.56 Å². The van der Waals surface area contributed by atoms with Gasteiger partial charge in [-0.2, -0.15) is 0 Å². The summed E-state index contributed by atoms with van der Waals surface area (Å²) < 4.78 is 1.83. The predicted octanol–water partition coefficient (Wildman–Crippen LogP) is 2.52. The number of non-ortho nitro benzene ring substituents is 1. The lowest BCUT2D eigenvalue weighted by Gasteiger charge is -1.97. The third kappa shape index (κ3) is 3.47. The number of hydrogen-bond acceptors (Lipinski definition) is 2. The van der Waals surface area contributed by atoms with Crippen molar-refractivity contribution in [1.29, 1.82) is 0 Å². The summed E-state index contributed by atoms with van der Waals surface area (Å²) >= 11 is 6.01. The summed E-state index contributed by atoms with van der Waals surface area (Å²) in [5.41, 5.74) is 0.669. The SMILES string of the molecule is C[N+](C)=C/C=C(\Cl)c1cccc([N+](=O)[O-])c1. The predicted molar refractivity (Wildman–Crippen MR) is 65.1 cm³/mol. The summed E-state index contributed by atoms with van der Waals surface area (Å²) in [5.74, 6) is 0. The van der Waals surface area contributed by atoms with Gasteiger partial charge in [0.15, 0.2) is 6.21 Å². The average Bonchev–Trinajstić information content (AvgIpc) is 2.26. The van der Waals surface area contributed by atoms with Gasteiger partial charge in [-0.15, -0.1) is 0 Å². The molecule has 0 aliphatic rings. The highest BCUT2D eigenvalue weighted by Crippen LogP contribution is 2.22. The molecule has 0 fully saturated rings. The van der Waals surface area contributed by atoms with Gasteiger partial charge in [-0.05, 0) is 0 Å². The van der Waals surface area contributed by atoms with Gasteiger partial charge in [-0.25, -0.2) is 4.58 Å². The molecule has 0 aromatic heterocycles. The Morgan fingerprint density at radius 2 is 2.12 bits per heavy atom. The standard InChI is InChI=1S/C11H12ClN2O2/c1-13(2)7-6-11(12)9-4-3-5-10(8-9)14(15)16/h3-8H,1-2H3/q+1/b11-6-. The lowest BCUT2D eigenvalue weighted by molar-refractivity contribution is -0.458. The molecule has 1 aromatic rings. The molecule has 0 amide bonds. The Balaban J connectivity index is 3.05. The normalized spacial score (nSPS) is 11.1. The van der Waals surface area contributed by atoms with Gasteiger partial charge in [0.1, 0.15) is 14.1 Å². The Morgan fingerprint density at radius 3 is 2.69 bits per heavy atom. The Bertz CT molecular complexity index is 463. The number of allylic oxidation sites excluding steroid dienone is 1. The zero-order chi connectivity index (χ0) is 12.1. The summed E-state index contributed by atoms with van der Waals surface area (Å²) in [7, 11) is 3.74. The molecule has 0 spiro atoms. The third-order valence-electron chi connectivity index (χ3n) is 1.85. The topological polar surface area (TPSA) is 46.1 Å². The fraction of sp³-hybridized carbons (Fsp3) is 0.182. The van der Waals surface area contributed by atoms with Gasteiger partial charge in [-0.3, -0.25) is 10.1 Å². The van der Waals surface area contributed by atoms with Gasteiger partial charge >= 0.3 is 0 Å². The van der Waals surface area contributed by atoms with Crippen LogP contribution in [0.4, 0.5) is 5.69 Å². The van der Waals surface area contributed by atoms with Crippen LogP contribution in [0.5, 0.6) is 0 Å². The summed E-state index contributed by atoms with van der Waals surface area (Å²) in [6, 6.07) is 6.22. The zero-order valence-electron chi connectivity index (χ0n) is 9.05. The number of nitro groups is 1. The fourth-order valence-electron chi connectivity index (χ4n) is 1.08. The van der Waals surface area contributed by atoms with Crippen LogP contribution in [0.15, 0.2) is 30.3 Å². The first-order chi connectivity index (χ1) is 7.50. The molecule has 0 aliphatic heterocycles. The van der Waals surface area contributed by atoms with Crippen LogP contribution < -0.4 is 0 Å². The van der Waals surface area contributed by atoms with Crippen molar-refractivity contribution in [3.63, 3.8) is 0 Å². The first-order valence-electron chi connectivity index (χ1n) is 4.62. The van der Waals surface area contributed by atoms with E-state index in [2.05, 4.69) is 0 Å². The Labute approximate surface area is 98.6 Å². The highest BCUT2D eigenvalue weighted by Gasteiger charge is 2.07. The van der Waals surface area contributed by atoms with Gasteiger partial charge in [0.2, 0.25) is 0 Å². The van der Waals surface area contributed by atoms with Gasteiger partial charge in [0.05, 0.1) is 9.96 Å².